The summed E-state index contributed by atoms with van der Waals surface area (Å²) in [6.45, 7) is 6.72. The quantitative estimate of drug-likeness (QED) is 0.492. The first kappa shape index (κ1) is 15.2. The van der Waals surface area contributed by atoms with Crippen LogP contribution in [0.25, 0.3) is 0 Å². The van der Waals surface area contributed by atoms with Crippen LogP contribution in [0.1, 0.15) is 65.7 Å². The van der Waals surface area contributed by atoms with Crippen molar-refractivity contribution in [2.75, 3.05) is 0 Å². The highest BCUT2D eigenvalue weighted by Crippen LogP contribution is 2.19. The maximum Gasteiger partial charge on any atom is 0.303 e. The highest BCUT2D eigenvalue weighted by Gasteiger charge is 2.05. The van der Waals surface area contributed by atoms with Crippen molar-refractivity contribution in [1.29, 1.82) is 0 Å². The van der Waals surface area contributed by atoms with E-state index in [1.807, 2.05) is 0 Å². The Labute approximate surface area is 99.7 Å². The monoisotopic (exact) mass is 226 g/mol. The van der Waals surface area contributed by atoms with Gasteiger partial charge in [0, 0.05) is 6.42 Å². The summed E-state index contributed by atoms with van der Waals surface area (Å²) < 4.78 is 0. The molecule has 0 aliphatic heterocycles. The van der Waals surface area contributed by atoms with E-state index in [0.717, 1.165) is 32.1 Å². The molecule has 0 saturated heterocycles. The lowest BCUT2D eigenvalue weighted by molar-refractivity contribution is -0.137. The fourth-order valence-electron chi connectivity index (χ4n) is 1.45. The van der Waals surface area contributed by atoms with Crippen LogP contribution in [-0.4, -0.2) is 11.1 Å². The van der Waals surface area contributed by atoms with Gasteiger partial charge in [0.25, 0.3) is 0 Å². The highest BCUT2D eigenvalue weighted by molar-refractivity contribution is 5.66. The summed E-state index contributed by atoms with van der Waals surface area (Å²) in [5, 5.41) is 8.45. The predicted octanol–water partition coefficient (Wildman–Crippen LogP) is 4.40. The minimum atomic E-state index is -0.676. The molecule has 0 rings (SSSR count). The summed E-state index contributed by atoms with van der Waals surface area (Å²) in [4.78, 5) is 10.3. The van der Waals surface area contributed by atoms with Crippen LogP contribution in [-0.2, 0) is 4.79 Å². The Hall–Kier alpha value is -0.790. The van der Waals surface area contributed by atoms with Gasteiger partial charge in [0.15, 0.2) is 0 Å². The lowest BCUT2D eigenvalue weighted by atomic mass is 9.92. The van der Waals surface area contributed by atoms with Gasteiger partial charge in [-0.2, -0.15) is 0 Å². The number of hydrogen-bond acceptors (Lipinski definition) is 1. The first-order chi connectivity index (χ1) is 7.42. The molecule has 0 amide bonds. The zero-order valence-electron chi connectivity index (χ0n) is 11.0. The van der Waals surface area contributed by atoms with Crippen molar-refractivity contribution in [1.82, 2.24) is 0 Å². The van der Waals surface area contributed by atoms with Crippen molar-refractivity contribution < 1.29 is 9.90 Å². The molecule has 0 aromatic heterocycles. The van der Waals surface area contributed by atoms with E-state index in [1.54, 1.807) is 0 Å². The van der Waals surface area contributed by atoms with Gasteiger partial charge in [0.05, 0.1) is 0 Å². The number of rotatable bonds is 8. The van der Waals surface area contributed by atoms with Gasteiger partial charge in [0.1, 0.15) is 0 Å². The molecular formula is C14H26O2. The van der Waals surface area contributed by atoms with Crippen LogP contribution in [0.5, 0.6) is 0 Å². The number of carboxylic acid groups (broad SMARTS) is 1. The van der Waals surface area contributed by atoms with Gasteiger partial charge >= 0.3 is 5.97 Å². The second kappa shape index (κ2) is 8.37. The fourth-order valence-corrected chi connectivity index (χ4v) is 1.45. The molecular weight excluding hydrogens is 200 g/mol. The lowest BCUT2D eigenvalue weighted by Gasteiger charge is -2.14. The van der Waals surface area contributed by atoms with Crippen LogP contribution in [0.3, 0.4) is 0 Å². The smallest absolute Gasteiger partial charge is 0.303 e. The minimum absolute atomic E-state index is 0.319. The lowest BCUT2D eigenvalue weighted by Crippen LogP contribution is -2.01. The Morgan fingerprint density at radius 2 is 1.69 bits per heavy atom. The van der Waals surface area contributed by atoms with Crippen molar-refractivity contribution in [2.45, 2.75) is 65.7 Å². The molecule has 0 saturated carbocycles. The Kier molecular flexibility index (Phi) is 7.96. The number of unbranched alkanes of at least 4 members (excludes halogenated alkanes) is 4. The molecule has 0 heterocycles. The van der Waals surface area contributed by atoms with E-state index >= 15 is 0 Å². The number of allylic oxidation sites excluding steroid dienone is 2. The summed E-state index contributed by atoms with van der Waals surface area (Å²) in [7, 11) is 0. The second-order valence-electron chi connectivity index (χ2n) is 5.58. The maximum atomic E-state index is 10.3. The van der Waals surface area contributed by atoms with Crippen LogP contribution in [0.15, 0.2) is 12.2 Å². The molecule has 0 fully saturated rings. The van der Waals surface area contributed by atoms with Crippen molar-refractivity contribution >= 4 is 5.97 Å². The molecule has 0 unspecified atom stereocenters. The van der Waals surface area contributed by atoms with E-state index in [-0.39, 0.29) is 0 Å². The Morgan fingerprint density at radius 1 is 1.06 bits per heavy atom. The van der Waals surface area contributed by atoms with Crippen LogP contribution in [0, 0.1) is 5.41 Å². The molecule has 0 bridgehead atoms. The molecule has 0 aliphatic carbocycles. The summed E-state index contributed by atoms with van der Waals surface area (Å²) in [5.74, 6) is -0.676. The van der Waals surface area contributed by atoms with Gasteiger partial charge in [-0.05, 0) is 31.1 Å². The molecule has 0 radical (unpaired) electrons. The zero-order valence-corrected chi connectivity index (χ0v) is 11.0. The molecule has 2 nitrogen and oxygen atoms in total. The molecule has 0 atom stereocenters. The SMILES string of the molecule is CC(C)(C)CC=CCCCCCCC(=O)O. The Morgan fingerprint density at radius 3 is 2.25 bits per heavy atom. The molecule has 1 N–H and O–H groups in total. The van der Waals surface area contributed by atoms with Crippen molar-refractivity contribution in [3.8, 4) is 0 Å². The standard InChI is InChI=1S/C14H26O2/c1-14(2,3)12-10-8-6-4-5-7-9-11-13(15)16/h8,10H,4-7,9,11-12H2,1-3H3,(H,15,16). The first-order valence-corrected chi connectivity index (χ1v) is 6.28. The average Bonchev–Trinajstić information content (AvgIpc) is 2.13. The van der Waals surface area contributed by atoms with Gasteiger partial charge in [-0.3, -0.25) is 4.79 Å². The van der Waals surface area contributed by atoms with E-state index in [2.05, 4.69) is 32.9 Å². The van der Waals surface area contributed by atoms with E-state index in [4.69, 9.17) is 5.11 Å². The normalized spacial score (nSPS) is 12.2. The molecule has 0 spiro atoms. The largest absolute Gasteiger partial charge is 0.481 e. The second-order valence-corrected chi connectivity index (χ2v) is 5.58. The average molecular weight is 226 g/mol. The number of aliphatic carboxylic acids is 1. The summed E-state index contributed by atoms with van der Waals surface area (Å²) in [5.41, 5.74) is 0.387. The van der Waals surface area contributed by atoms with Crippen molar-refractivity contribution in [3.05, 3.63) is 12.2 Å². The van der Waals surface area contributed by atoms with Crippen LogP contribution in [0.2, 0.25) is 0 Å². The maximum absolute atomic E-state index is 10.3. The summed E-state index contributed by atoms with van der Waals surface area (Å²) in [6, 6.07) is 0. The van der Waals surface area contributed by atoms with Crippen molar-refractivity contribution in [2.24, 2.45) is 5.41 Å². The third-order valence-electron chi connectivity index (χ3n) is 2.41. The van der Waals surface area contributed by atoms with Gasteiger partial charge in [-0.25, -0.2) is 0 Å². The Balaban J connectivity index is 3.24. The number of carbonyl (C=O) groups is 1. The van der Waals surface area contributed by atoms with Crippen LogP contribution >= 0.6 is 0 Å². The van der Waals surface area contributed by atoms with E-state index in [0.29, 0.717) is 11.8 Å². The van der Waals surface area contributed by atoms with E-state index < -0.39 is 5.97 Å². The Bertz CT molecular complexity index is 211. The van der Waals surface area contributed by atoms with Gasteiger partial charge in [-0.1, -0.05) is 45.8 Å². The molecule has 2 heteroatoms. The topological polar surface area (TPSA) is 37.3 Å². The fraction of sp³-hybridized carbons (Fsp3) is 0.786. The third-order valence-corrected chi connectivity index (χ3v) is 2.41. The van der Waals surface area contributed by atoms with Gasteiger partial charge < -0.3 is 5.11 Å². The van der Waals surface area contributed by atoms with Gasteiger partial charge in [-0.15, -0.1) is 0 Å². The molecule has 0 aromatic carbocycles. The molecule has 0 aliphatic rings. The van der Waals surface area contributed by atoms with Crippen molar-refractivity contribution in [3.63, 3.8) is 0 Å². The minimum Gasteiger partial charge on any atom is -0.481 e. The van der Waals surface area contributed by atoms with Crippen LogP contribution in [0.4, 0.5) is 0 Å². The zero-order chi connectivity index (χ0) is 12.4. The van der Waals surface area contributed by atoms with Gasteiger partial charge in [0.2, 0.25) is 0 Å². The highest BCUT2D eigenvalue weighted by atomic mass is 16.4. The number of carboxylic acids is 1. The van der Waals surface area contributed by atoms with E-state index in [9.17, 15) is 4.79 Å². The summed E-state index contributed by atoms with van der Waals surface area (Å²) in [6.07, 6.45) is 11.3. The summed E-state index contributed by atoms with van der Waals surface area (Å²) >= 11 is 0. The molecule has 16 heavy (non-hydrogen) atoms. The van der Waals surface area contributed by atoms with Crippen LogP contribution < -0.4 is 0 Å². The first-order valence-electron chi connectivity index (χ1n) is 6.28. The third kappa shape index (κ3) is 13.2. The molecule has 0 aromatic rings. The van der Waals surface area contributed by atoms with E-state index in [1.165, 1.54) is 6.42 Å². The predicted molar refractivity (Wildman–Crippen MR) is 68.5 cm³/mol. The number of hydrogen-bond donors (Lipinski definition) is 1. The molecule has 94 valence electrons.